The zero-order valence-electron chi connectivity index (χ0n) is 16.7. The van der Waals surface area contributed by atoms with Crippen LogP contribution in [0.3, 0.4) is 0 Å². The average Bonchev–Trinajstić information content (AvgIpc) is 2.94. The molecule has 26 heavy (non-hydrogen) atoms. The van der Waals surface area contributed by atoms with Crippen LogP contribution in [0.15, 0.2) is 5.16 Å². The van der Waals surface area contributed by atoms with Gasteiger partial charge in [-0.25, -0.2) is 0 Å². The smallest absolute Gasteiger partial charge is 0.129 e. The van der Waals surface area contributed by atoms with E-state index in [1.54, 1.807) is 0 Å². The predicted octanol–water partition coefficient (Wildman–Crippen LogP) is 3.97. The fourth-order valence-electron chi connectivity index (χ4n) is 7.63. The number of hydrogen-bond acceptors (Lipinski definition) is 4. The van der Waals surface area contributed by atoms with E-state index in [0.717, 1.165) is 30.1 Å². The van der Waals surface area contributed by atoms with Gasteiger partial charge in [0.25, 0.3) is 0 Å². The Bertz CT molecular complexity index is 538. The first-order valence-electron chi connectivity index (χ1n) is 11.0. The molecular formula is C22H38N2O2. The average molecular weight is 363 g/mol. The van der Waals surface area contributed by atoms with Crippen LogP contribution in [0.5, 0.6) is 0 Å². The molecule has 0 radical (unpaired) electrons. The van der Waals surface area contributed by atoms with Crippen molar-refractivity contribution in [2.24, 2.45) is 51.3 Å². The highest BCUT2D eigenvalue weighted by atomic mass is 16.6. The Hall–Kier alpha value is -0.610. The molecule has 4 saturated carbocycles. The third-order valence-corrected chi connectivity index (χ3v) is 9.21. The highest BCUT2D eigenvalue weighted by Gasteiger charge is 2.59. The first-order valence-corrected chi connectivity index (χ1v) is 11.0. The maximum absolute atomic E-state index is 10.6. The van der Waals surface area contributed by atoms with E-state index in [9.17, 15) is 5.11 Å². The van der Waals surface area contributed by atoms with Gasteiger partial charge in [-0.2, -0.15) is 0 Å². The molecule has 0 aromatic heterocycles. The van der Waals surface area contributed by atoms with Gasteiger partial charge in [-0.3, -0.25) is 0 Å². The normalized spacial score (nSPS) is 50.9. The predicted molar refractivity (Wildman–Crippen MR) is 105 cm³/mol. The Kier molecular flexibility index (Phi) is 5.11. The van der Waals surface area contributed by atoms with Crippen molar-refractivity contribution in [3.8, 4) is 0 Å². The summed E-state index contributed by atoms with van der Waals surface area (Å²) in [6, 6.07) is 0. The van der Waals surface area contributed by atoms with Crippen LogP contribution in [0.4, 0.5) is 0 Å². The van der Waals surface area contributed by atoms with Crippen LogP contribution in [-0.2, 0) is 4.84 Å². The van der Waals surface area contributed by atoms with Crippen LogP contribution in [0.1, 0.15) is 71.6 Å². The minimum absolute atomic E-state index is 0.0561. The zero-order chi connectivity index (χ0) is 18.4. The number of fused-ring (bicyclic) bond motifs is 5. The topological polar surface area (TPSA) is 67.8 Å². The van der Waals surface area contributed by atoms with Crippen molar-refractivity contribution in [3.05, 3.63) is 0 Å². The van der Waals surface area contributed by atoms with Crippen molar-refractivity contribution in [2.75, 3.05) is 13.2 Å². The van der Waals surface area contributed by atoms with Gasteiger partial charge < -0.3 is 15.7 Å². The second-order valence-corrected chi connectivity index (χ2v) is 10.2. The molecule has 0 aromatic rings. The van der Waals surface area contributed by atoms with E-state index >= 15 is 0 Å². The van der Waals surface area contributed by atoms with Gasteiger partial charge in [0.2, 0.25) is 0 Å². The highest BCUT2D eigenvalue weighted by molar-refractivity contribution is 5.60. The monoisotopic (exact) mass is 362 g/mol. The fraction of sp³-hybridized carbons (Fsp3) is 0.955. The first kappa shape index (κ1) is 18.7. The summed E-state index contributed by atoms with van der Waals surface area (Å²) in [7, 11) is 0. The van der Waals surface area contributed by atoms with E-state index in [1.807, 2.05) is 6.21 Å². The second-order valence-electron chi connectivity index (χ2n) is 10.2. The number of aliphatic hydroxyl groups excluding tert-OH is 1. The molecule has 4 aliphatic rings. The van der Waals surface area contributed by atoms with Crippen molar-refractivity contribution in [3.63, 3.8) is 0 Å². The molecule has 0 heterocycles. The number of nitrogens with two attached hydrogens (primary N) is 1. The van der Waals surface area contributed by atoms with Crippen LogP contribution in [0.2, 0.25) is 0 Å². The molecule has 3 N–H and O–H groups in total. The maximum atomic E-state index is 10.6. The summed E-state index contributed by atoms with van der Waals surface area (Å²) in [5.41, 5.74) is 6.16. The zero-order valence-corrected chi connectivity index (χ0v) is 16.7. The van der Waals surface area contributed by atoms with E-state index in [4.69, 9.17) is 10.6 Å². The first-order chi connectivity index (χ1) is 12.5. The van der Waals surface area contributed by atoms with Crippen molar-refractivity contribution in [1.29, 1.82) is 0 Å². The molecule has 0 aromatic carbocycles. The van der Waals surface area contributed by atoms with Crippen molar-refractivity contribution >= 4 is 6.21 Å². The van der Waals surface area contributed by atoms with E-state index in [1.165, 1.54) is 51.4 Å². The number of rotatable bonds is 4. The van der Waals surface area contributed by atoms with Gasteiger partial charge in [-0.05, 0) is 98.2 Å². The third-order valence-electron chi connectivity index (χ3n) is 9.21. The SMILES string of the molecule is C[C@]12CC[C@H](/C=N/OCCN)CC1CCC1C2CC[C@@]2(C)C1CC[C@@H]2O. The number of oxime groups is 1. The van der Waals surface area contributed by atoms with Crippen molar-refractivity contribution < 1.29 is 9.94 Å². The highest BCUT2D eigenvalue weighted by Crippen LogP contribution is 2.66. The molecule has 4 aliphatic carbocycles. The van der Waals surface area contributed by atoms with Crippen LogP contribution in [0, 0.1) is 40.4 Å². The summed E-state index contributed by atoms with van der Waals surface area (Å²) in [5.74, 6) is 3.89. The molecule has 4 fully saturated rings. The lowest BCUT2D eigenvalue weighted by atomic mass is 9.44. The standard InChI is InChI=1S/C22H38N2O2/c1-21-9-7-15(14-24-26-12-11-23)13-16(21)3-4-17-18-5-6-20(25)22(18,2)10-8-19(17)21/h14-20,25H,3-13,23H2,1-2H3/b24-14+/t15-,16?,17?,18?,19?,20-,21-,22-/m0/s1. The van der Waals surface area contributed by atoms with Gasteiger partial charge in [0.15, 0.2) is 0 Å². The molecule has 4 nitrogen and oxygen atoms in total. The van der Waals surface area contributed by atoms with Gasteiger partial charge in [-0.15, -0.1) is 0 Å². The summed E-state index contributed by atoms with van der Waals surface area (Å²) in [4.78, 5) is 5.22. The van der Waals surface area contributed by atoms with Crippen molar-refractivity contribution in [2.45, 2.75) is 77.7 Å². The lowest BCUT2D eigenvalue weighted by Gasteiger charge is -2.60. The Morgan fingerprint density at radius 3 is 2.62 bits per heavy atom. The lowest BCUT2D eigenvalue weighted by Crippen LogP contribution is -2.54. The third kappa shape index (κ3) is 2.92. The molecular weight excluding hydrogens is 324 g/mol. The van der Waals surface area contributed by atoms with Crippen molar-refractivity contribution in [1.82, 2.24) is 0 Å². The maximum Gasteiger partial charge on any atom is 0.129 e. The fourth-order valence-corrected chi connectivity index (χ4v) is 7.63. The molecule has 0 bridgehead atoms. The Morgan fingerprint density at radius 2 is 1.81 bits per heavy atom. The second kappa shape index (κ2) is 7.09. The quantitative estimate of drug-likeness (QED) is 0.452. The van der Waals surface area contributed by atoms with Gasteiger partial charge in [0, 0.05) is 12.8 Å². The van der Waals surface area contributed by atoms with Crippen LogP contribution >= 0.6 is 0 Å². The minimum Gasteiger partial charge on any atom is -0.395 e. The molecule has 0 amide bonds. The molecule has 0 aliphatic heterocycles. The minimum atomic E-state index is -0.0561. The molecule has 4 heteroatoms. The van der Waals surface area contributed by atoms with E-state index in [-0.39, 0.29) is 11.5 Å². The number of aliphatic hydroxyl groups is 1. The van der Waals surface area contributed by atoms with E-state index in [2.05, 4.69) is 19.0 Å². The summed E-state index contributed by atoms with van der Waals surface area (Å²) >= 11 is 0. The Morgan fingerprint density at radius 1 is 1.04 bits per heavy atom. The lowest BCUT2D eigenvalue weighted by molar-refractivity contribution is -0.123. The molecule has 8 atom stereocenters. The van der Waals surface area contributed by atoms with E-state index in [0.29, 0.717) is 24.5 Å². The number of hydrogen-bond donors (Lipinski definition) is 2. The molecule has 0 spiro atoms. The Balaban J connectivity index is 1.45. The van der Waals surface area contributed by atoms with Gasteiger partial charge in [0.05, 0.1) is 6.10 Å². The molecule has 4 unspecified atom stereocenters. The summed E-state index contributed by atoms with van der Waals surface area (Å²) in [6.45, 7) is 6.02. The molecule has 148 valence electrons. The van der Waals surface area contributed by atoms with Gasteiger partial charge in [0.1, 0.15) is 6.61 Å². The van der Waals surface area contributed by atoms with Crippen LogP contribution < -0.4 is 5.73 Å². The van der Waals surface area contributed by atoms with Gasteiger partial charge >= 0.3 is 0 Å². The summed E-state index contributed by atoms with van der Waals surface area (Å²) < 4.78 is 0. The summed E-state index contributed by atoms with van der Waals surface area (Å²) in [6.07, 6.45) is 13.5. The molecule has 4 rings (SSSR count). The Labute approximate surface area is 158 Å². The number of nitrogens with zero attached hydrogens (tertiary/aromatic N) is 1. The van der Waals surface area contributed by atoms with Gasteiger partial charge in [-0.1, -0.05) is 19.0 Å². The largest absolute Gasteiger partial charge is 0.395 e. The summed E-state index contributed by atoms with van der Waals surface area (Å²) in [5, 5.41) is 14.7. The molecule has 0 saturated heterocycles. The van der Waals surface area contributed by atoms with E-state index < -0.39 is 0 Å². The van der Waals surface area contributed by atoms with Crippen LogP contribution in [-0.4, -0.2) is 30.6 Å². The van der Waals surface area contributed by atoms with Crippen LogP contribution in [0.25, 0.3) is 0 Å².